The zero-order valence-electron chi connectivity index (χ0n) is 18.3. The zero-order chi connectivity index (χ0) is 22.1. The summed E-state index contributed by atoms with van der Waals surface area (Å²) in [5.74, 6) is 1.07. The third-order valence-electron chi connectivity index (χ3n) is 5.07. The van der Waals surface area contributed by atoms with Crippen LogP contribution >= 0.6 is 11.8 Å². The molecule has 0 N–H and O–H groups in total. The van der Waals surface area contributed by atoms with E-state index in [1.807, 2.05) is 75.3 Å². The molecule has 1 unspecified atom stereocenters. The second-order valence-electron chi connectivity index (χ2n) is 7.55. The predicted octanol–water partition coefficient (Wildman–Crippen LogP) is 4.47. The van der Waals surface area contributed by atoms with Crippen LogP contribution in [0.3, 0.4) is 0 Å². The SMILES string of the molecule is CCSc1nnc2c(n1)OC(c1ccc(N(C)C)cc1)N(C(C)=O)c1ccc(C)cc1-2. The van der Waals surface area contributed by atoms with Gasteiger partial charge in [-0.1, -0.05) is 42.4 Å². The number of ether oxygens (including phenoxy) is 1. The molecule has 160 valence electrons. The first-order valence-corrected chi connectivity index (χ1v) is 11.1. The first-order valence-electron chi connectivity index (χ1n) is 10.1. The zero-order valence-corrected chi connectivity index (χ0v) is 19.1. The van der Waals surface area contributed by atoms with Crippen molar-refractivity contribution in [2.45, 2.75) is 32.2 Å². The van der Waals surface area contributed by atoms with E-state index in [1.165, 1.54) is 11.8 Å². The number of thioether (sulfide) groups is 1. The van der Waals surface area contributed by atoms with E-state index in [9.17, 15) is 4.79 Å². The van der Waals surface area contributed by atoms with E-state index in [1.54, 1.807) is 11.8 Å². The van der Waals surface area contributed by atoms with Gasteiger partial charge < -0.3 is 9.64 Å². The molecule has 2 aromatic carbocycles. The standard InChI is InChI=1S/C23H25N5O2S/c1-6-31-23-24-21-20(25-26-23)18-13-14(2)7-12-19(18)28(15(3)29)22(30-21)16-8-10-17(11-9-16)27(4)5/h7-13,22H,6H2,1-5H3. The molecular weight excluding hydrogens is 410 g/mol. The lowest BCUT2D eigenvalue weighted by Crippen LogP contribution is -2.36. The fourth-order valence-electron chi connectivity index (χ4n) is 3.56. The van der Waals surface area contributed by atoms with Gasteiger partial charge in [-0.2, -0.15) is 4.98 Å². The van der Waals surface area contributed by atoms with E-state index in [4.69, 9.17) is 4.74 Å². The highest BCUT2D eigenvalue weighted by atomic mass is 32.2. The van der Waals surface area contributed by atoms with Crippen molar-refractivity contribution in [2.75, 3.05) is 29.6 Å². The van der Waals surface area contributed by atoms with Crippen LogP contribution in [0.5, 0.6) is 5.88 Å². The molecule has 0 spiro atoms. The van der Waals surface area contributed by atoms with Gasteiger partial charge >= 0.3 is 0 Å². The van der Waals surface area contributed by atoms with Crippen LogP contribution in [0.25, 0.3) is 11.3 Å². The van der Waals surface area contributed by atoms with Crippen LogP contribution in [0.4, 0.5) is 11.4 Å². The van der Waals surface area contributed by atoms with Crippen molar-refractivity contribution >= 4 is 29.0 Å². The molecule has 3 aromatic rings. The normalized spacial score (nSPS) is 14.9. The number of amides is 1. The maximum Gasteiger partial charge on any atom is 0.247 e. The molecule has 31 heavy (non-hydrogen) atoms. The van der Waals surface area contributed by atoms with E-state index in [2.05, 4.69) is 15.2 Å². The fraction of sp³-hybridized carbons (Fsp3) is 0.304. The van der Waals surface area contributed by atoms with Gasteiger partial charge in [-0.3, -0.25) is 9.69 Å². The summed E-state index contributed by atoms with van der Waals surface area (Å²) < 4.78 is 6.39. The van der Waals surface area contributed by atoms with Gasteiger partial charge in [0.2, 0.25) is 23.2 Å². The van der Waals surface area contributed by atoms with Crippen molar-refractivity contribution in [2.24, 2.45) is 0 Å². The maximum atomic E-state index is 12.9. The lowest BCUT2D eigenvalue weighted by atomic mass is 10.0. The van der Waals surface area contributed by atoms with Crippen molar-refractivity contribution in [3.63, 3.8) is 0 Å². The Balaban J connectivity index is 1.92. The Morgan fingerprint density at radius 1 is 1.16 bits per heavy atom. The molecule has 1 amide bonds. The first kappa shape index (κ1) is 21.1. The van der Waals surface area contributed by atoms with E-state index < -0.39 is 6.23 Å². The third-order valence-corrected chi connectivity index (χ3v) is 5.79. The Morgan fingerprint density at radius 3 is 2.55 bits per heavy atom. The Hall–Kier alpha value is -3.13. The van der Waals surface area contributed by atoms with Gasteiger partial charge in [0.15, 0.2) is 5.69 Å². The highest BCUT2D eigenvalue weighted by Gasteiger charge is 2.34. The van der Waals surface area contributed by atoms with Crippen molar-refractivity contribution in [3.8, 4) is 17.1 Å². The van der Waals surface area contributed by atoms with Gasteiger partial charge in [0.05, 0.1) is 5.69 Å². The molecule has 0 fully saturated rings. The number of nitrogens with zero attached hydrogens (tertiary/aromatic N) is 5. The summed E-state index contributed by atoms with van der Waals surface area (Å²) in [5, 5.41) is 9.25. The quantitative estimate of drug-likeness (QED) is 0.560. The van der Waals surface area contributed by atoms with Gasteiger partial charge in [-0.15, -0.1) is 10.2 Å². The highest BCUT2D eigenvalue weighted by molar-refractivity contribution is 7.99. The number of carbonyl (C=O) groups excluding carboxylic acids is 1. The maximum absolute atomic E-state index is 12.9. The van der Waals surface area contributed by atoms with Crippen molar-refractivity contribution in [1.29, 1.82) is 0 Å². The minimum atomic E-state index is -0.674. The summed E-state index contributed by atoms with van der Waals surface area (Å²) in [6, 6.07) is 13.9. The molecule has 0 saturated carbocycles. The molecule has 1 atom stereocenters. The second-order valence-corrected chi connectivity index (χ2v) is 8.78. The van der Waals surface area contributed by atoms with Gasteiger partial charge in [0.1, 0.15) is 0 Å². The third kappa shape index (κ3) is 4.07. The van der Waals surface area contributed by atoms with Crippen molar-refractivity contribution in [1.82, 2.24) is 15.2 Å². The number of aryl methyl sites for hydroxylation is 1. The van der Waals surface area contributed by atoms with Gasteiger partial charge in [0, 0.05) is 37.8 Å². The molecule has 0 saturated heterocycles. The summed E-state index contributed by atoms with van der Waals surface area (Å²) in [4.78, 5) is 21.2. The number of carbonyl (C=O) groups is 1. The number of fused-ring (bicyclic) bond motifs is 3. The molecule has 8 heteroatoms. The molecule has 0 aliphatic carbocycles. The second kappa shape index (κ2) is 8.55. The van der Waals surface area contributed by atoms with Crippen LogP contribution in [-0.4, -0.2) is 40.9 Å². The average molecular weight is 436 g/mol. The fourth-order valence-corrected chi connectivity index (χ4v) is 4.07. The molecule has 1 aromatic heterocycles. The van der Waals surface area contributed by atoms with E-state index in [0.717, 1.165) is 33.8 Å². The van der Waals surface area contributed by atoms with Crippen LogP contribution in [0, 0.1) is 6.92 Å². The van der Waals surface area contributed by atoms with Crippen LogP contribution in [0.15, 0.2) is 47.6 Å². The predicted molar refractivity (Wildman–Crippen MR) is 124 cm³/mol. The van der Waals surface area contributed by atoms with Gasteiger partial charge in [-0.05, 0) is 36.9 Å². The summed E-state index contributed by atoms with van der Waals surface area (Å²) >= 11 is 1.50. The topological polar surface area (TPSA) is 71.5 Å². The number of anilines is 2. The molecule has 1 aliphatic rings. The highest BCUT2D eigenvalue weighted by Crippen LogP contribution is 2.43. The van der Waals surface area contributed by atoms with Crippen molar-refractivity contribution in [3.05, 3.63) is 53.6 Å². The monoisotopic (exact) mass is 435 g/mol. The van der Waals surface area contributed by atoms with Crippen LogP contribution < -0.4 is 14.5 Å². The molecule has 0 bridgehead atoms. The van der Waals surface area contributed by atoms with E-state index >= 15 is 0 Å². The Labute approximate surface area is 186 Å². The molecule has 2 heterocycles. The molecule has 4 rings (SSSR count). The Kier molecular flexibility index (Phi) is 5.82. The summed E-state index contributed by atoms with van der Waals surface area (Å²) in [7, 11) is 3.98. The first-order chi connectivity index (χ1) is 14.9. The van der Waals surface area contributed by atoms with E-state index in [0.29, 0.717) is 16.7 Å². The smallest absolute Gasteiger partial charge is 0.247 e. The summed E-state index contributed by atoms with van der Waals surface area (Å²) in [6.07, 6.45) is -0.674. The number of rotatable bonds is 4. The number of benzene rings is 2. The van der Waals surface area contributed by atoms with Gasteiger partial charge in [0.25, 0.3) is 0 Å². The number of aromatic nitrogens is 3. The molecule has 7 nitrogen and oxygen atoms in total. The van der Waals surface area contributed by atoms with Crippen LogP contribution in [0.2, 0.25) is 0 Å². The van der Waals surface area contributed by atoms with Crippen LogP contribution in [0.1, 0.15) is 31.2 Å². The number of hydrogen-bond acceptors (Lipinski definition) is 7. The lowest BCUT2D eigenvalue weighted by molar-refractivity contribution is -0.118. The minimum Gasteiger partial charge on any atom is -0.447 e. The van der Waals surface area contributed by atoms with Crippen LogP contribution in [-0.2, 0) is 4.79 Å². The average Bonchev–Trinajstić information content (AvgIpc) is 2.88. The summed E-state index contributed by atoms with van der Waals surface area (Å²) in [6.45, 7) is 5.58. The van der Waals surface area contributed by atoms with Gasteiger partial charge in [-0.25, -0.2) is 0 Å². The van der Waals surface area contributed by atoms with Crippen molar-refractivity contribution < 1.29 is 9.53 Å². The van der Waals surface area contributed by atoms with E-state index in [-0.39, 0.29) is 5.91 Å². The largest absolute Gasteiger partial charge is 0.447 e. The summed E-state index contributed by atoms with van der Waals surface area (Å²) in [5.41, 5.74) is 5.02. The molecular formula is C23H25N5O2S. The lowest BCUT2D eigenvalue weighted by Gasteiger charge is -2.30. The Bertz CT molecular complexity index is 1120. The molecule has 1 aliphatic heterocycles. The molecule has 0 radical (unpaired) electrons. The number of hydrogen-bond donors (Lipinski definition) is 0. The minimum absolute atomic E-state index is 0.129. The Morgan fingerprint density at radius 2 is 1.90 bits per heavy atom.